The molecular formula is C32H34N4Na2O14S4. The fourth-order valence-electron chi connectivity index (χ4n) is 6.93. The number of methoxy groups -OCH3 is 2. The molecular weight excluding hydrogens is 839 g/mol. The van der Waals surface area contributed by atoms with Gasteiger partial charge < -0.3 is 59.9 Å². The van der Waals surface area contributed by atoms with Crippen molar-refractivity contribution in [1.82, 2.24) is 20.4 Å². The summed E-state index contributed by atoms with van der Waals surface area (Å²) in [5.41, 5.74) is -3.08. The van der Waals surface area contributed by atoms with Crippen molar-refractivity contribution in [3.05, 3.63) is 44.8 Å². The molecule has 0 saturated carbocycles. The molecule has 4 N–H and O–H groups in total. The minimum absolute atomic E-state index is 0. The molecule has 0 bridgehead atoms. The SMILES string of the molecule is CO[C@@]1(NC(=O)C(C(=O)O)c2ccsc2)C(=O)N2[C@@H](C(=O)[O-])C(C)(C)S[C@@H]21.CO[C@@]1(NC(=O)C(C(=O)O)c2ccsc2)C(=O)N2[C@@H](C(=O)[O-])C(C)(C)S[C@@H]21.[Na+].[Na+]. The molecule has 0 aliphatic carbocycles. The van der Waals surface area contributed by atoms with Crippen LogP contribution in [0.5, 0.6) is 0 Å². The summed E-state index contributed by atoms with van der Waals surface area (Å²) < 4.78 is 8.84. The van der Waals surface area contributed by atoms with Crippen LogP contribution < -0.4 is 80.0 Å². The Balaban J connectivity index is 0.000000290. The first-order valence-electron chi connectivity index (χ1n) is 15.8. The van der Waals surface area contributed by atoms with Gasteiger partial charge >= 0.3 is 71.1 Å². The van der Waals surface area contributed by atoms with E-state index < -0.39 is 103 Å². The minimum Gasteiger partial charge on any atom is -0.548 e. The first-order chi connectivity index (χ1) is 25.1. The van der Waals surface area contributed by atoms with Gasteiger partial charge in [-0.25, -0.2) is 0 Å². The van der Waals surface area contributed by atoms with Crippen LogP contribution in [0.4, 0.5) is 0 Å². The van der Waals surface area contributed by atoms with Crippen LogP contribution in [0.25, 0.3) is 0 Å². The van der Waals surface area contributed by atoms with Crippen molar-refractivity contribution >= 4 is 93.7 Å². The van der Waals surface area contributed by atoms with Gasteiger partial charge in [-0.1, -0.05) is 0 Å². The van der Waals surface area contributed by atoms with Gasteiger partial charge in [0.05, 0.1) is 24.0 Å². The molecule has 2 unspecified atom stereocenters. The van der Waals surface area contributed by atoms with E-state index in [1.165, 1.54) is 59.8 Å². The molecule has 24 heteroatoms. The van der Waals surface area contributed by atoms with Gasteiger partial charge in [0.15, 0.2) is 11.8 Å². The Morgan fingerprint density at radius 2 is 1.02 bits per heavy atom. The van der Waals surface area contributed by atoms with E-state index >= 15 is 0 Å². The minimum atomic E-state index is -1.83. The third kappa shape index (κ3) is 7.93. The quantitative estimate of drug-likeness (QED) is 0.0668. The summed E-state index contributed by atoms with van der Waals surface area (Å²) in [7, 11) is 2.41. The van der Waals surface area contributed by atoms with E-state index in [9.17, 15) is 58.8 Å². The molecule has 6 rings (SSSR count). The van der Waals surface area contributed by atoms with Crippen LogP contribution >= 0.6 is 46.2 Å². The molecule has 0 spiro atoms. The second-order valence-electron chi connectivity index (χ2n) is 13.5. The second kappa shape index (κ2) is 17.6. The third-order valence-corrected chi connectivity index (χ3v) is 14.1. The normalized spacial score (nSPS) is 28.5. The maximum atomic E-state index is 12.7. The Kier molecular flexibility index (Phi) is 15.1. The van der Waals surface area contributed by atoms with Gasteiger partial charge in [-0.05, 0) is 72.5 Å². The average molecular weight is 873 g/mol. The van der Waals surface area contributed by atoms with E-state index in [0.717, 1.165) is 33.3 Å². The standard InChI is InChI=1S/2C16H18N2O7S2.2Na/c2*1-15(2)9(12(22)23)18-13(24)16(25-3,14(18)27-15)17-10(19)8(11(20)21)7-4-5-26-6-7;;/h2*4-6,8-9,14H,1-3H3,(H,17,19)(H,20,21)(H,22,23);;/q;;2*+1/p-2/t2*8?,9-,14+,16-;;/m00../s1. The molecule has 2 aromatic heterocycles. The van der Waals surface area contributed by atoms with Crippen LogP contribution in [0.2, 0.25) is 0 Å². The summed E-state index contributed by atoms with van der Waals surface area (Å²) in [5.74, 6) is -11.9. The zero-order chi connectivity index (χ0) is 40.3. The molecule has 292 valence electrons. The molecule has 0 aromatic carbocycles. The number of hydrogen-bond acceptors (Lipinski definition) is 16. The number of fused-ring (bicyclic) bond motifs is 2. The summed E-state index contributed by atoms with van der Waals surface area (Å²) in [4.78, 5) is 99.3. The Hall–Kier alpha value is -2.22. The number of nitrogens with zero attached hydrogens (tertiary/aromatic N) is 2. The average Bonchev–Trinajstić information content (AvgIpc) is 3.88. The maximum Gasteiger partial charge on any atom is 1.00 e. The summed E-state index contributed by atoms with van der Waals surface area (Å²) in [6.07, 6.45) is 0. The second-order valence-corrected chi connectivity index (χ2v) is 18.6. The van der Waals surface area contributed by atoms with Crippen LogP contribution in [0.15, 0.2) is 33.7 Å². The first kappa shape index (κ1) is 48.2. The molecule has 0 radical (unpaired) electrons. The van der Waals surface area contributed by atoms with E-state index in [1.54, 1.807) is 38.5 Å². The van der Waals surface area contributed by atoms with Crippen molar-refractivity contribution in [2.75, 3.05) is 14.2 Å². The Labute approximate surface area is 380 Å². The molecule has 4 amide bonds. The number of aliphatic carboxylic acids is 4. The van der Waals surface area contributed by atoms with E-state index in [0.29, 0.717) is 0 Å². The number of carbonyl (C=O) groups is 8. The Bertz CT molecular complexity index is 1770. The summed E-state index contributed by atoms with van der Waals surface area (Å²) in [6.45, 7) is 6.60. The number of β-lactam (4-membered cyclic amide) rings is 2. The number of ether oxygens (including phenoxy) is 2. The molecule has 56 heavy (non-hydrogen) atoms. The van der Waals surface area contributed by atoms with E-state index in [2.05, 4.69) is 10.6 Å². The van der Waals surface area contributed by atoms with Crippen molar-refractivity contribution in [2.24, 2.45) is 0 Å². The van der Waals surface area contributed by atoms with Gasteiger partial charge in [0.2, 0.25) is 11.8 Å². The molecule has 4 fully saturated rings. The number of thioether (sulfide) groups is 2. The zero-order valence-electron chi connectivity index (χ0n) is 31.2. The van der Waals surface area contributed by atoms with Crippen molar-refractivity contribution in [1.29, 1.82) is 0 Å². The summed E-state index contributed by atoms with van der Waals surface area (Å²) in [5, 5.41) is 51.4. The van der Waals surface area contributed by atoms with Crippen LogP contribution in [0.3, 0.4) is 0 Å². The topological polar surface area (TPSA) is 272 Å². The molecule has 4 saturated heterocycles. The largest absolute Gasteiger partial charge is 1.00 e. The van der Waals surface area contributed by atoms with Gasteiger partial charge in [0.1, 0.15) is 10.7 Å². The molecule has 4 aliphatic heterocycles. The Morgan fingerprint density at radius 3 is 1.25 bits per heavy atom. The van der Waals surface area contributed by atoms with E-state index in [1.807, 2.05) is 0 Å². The number of amides is 4. The molecule has 8 atom stereocenters. The fraction of sp³-hybridized carbons (Fsp3) is 0.500. The fourth-order valence-corrected chi connectivity index (χ4v) is 11.6. The summed E-state index contributed by atoms with van der Waals surface area (Å²) >= 11 is 4.77. The van der Waals surface area contributed by atoms with Gasteiger partial charge in [0, 0.05) is 23.7 Å². The van der Waals surface area contributed by atoms with Gasteiger partial charge in [-0.15, -0.1) is 23.5 Å². The Morgan fingerprint density at radius 1 is 0.696 bits per heavy atom. The van der Waals surface area contributed by atoms with Crippen LogP contribution in [-0.4, -0.2) is 126 Å². The maximum absolute atomic E-state index is 12.7. The molecule has 4 aliphatic rings. The summed E-state index contributed by atoms with van der Waals surface area (Å²) in [6, 6.07) is 0.646. The first-order valence-corrected chi connectivity index (χ1v) is 19.4. The number of carbonyl (C=O) groups excluding carboxylic acids is 6. The zero-order valence-corrected chi connectivity index (χ0v) is 38.5. The van der Waals surface area contributed by atoms with Crippen LogP contribution in [0.1, 0.15) is 50.7 Å². The molecule has 6 heterocycles. The molecule has 18 nitrogen and oxygen atoms in total. The predicted molar refractivity (Wildman–Crippen MR) is 187 cm³/mol. The smallest absolute Gasteiger partial charge is 0.548 e. The number of thiophene rings is 2. The van der Waals surface area contributed by atoms with Crippen LogP contribution in [0, 0.1) is 0 Å². The van der Waals surface area contributed by atoms with Gasteiger partial charge in [-0.2, -0.15) is 22.7 Å². The molecule has 2 aromatic rings. The van der Waals surface area contributed by atoms with Gasteiger partial charge in [-0.3, -0.25) is 28.8 Å². The number of carboxylic acid groups (broad SMARTS) is 4. The van der Waals surface area contributed by atoms with Gasteiger partial charge in [0.25, 0.3) is 23.3 Å². The van der Waals surface area contributed by atoms with E-state index in [-0.39, 0.29) is 70.2 Å². The number of rotatable bonds is 12. The monoisotopic (exact) mass is 872 g/mol. The van der Waals surface area contributed by atoms with Crippen molar-refractivity contribution < 1.29 is 127 Å². The van der Waals surface area contributed by atoms with Crippen LogP contribution in [-0.2, 0) is 47.8 Å². The third-order valence-electron chi connectivity index (χ3n) is 9.49. The number of nitrogens with one attached hydrogen (secondary N) is 2. The van der Waals surface area contributed by atoms with Crippen molar-refractivity contribution in [2.45, 2.75) is 83.3 Å². The van der Waals surface area contributed by atoms with Crippen molar-refractivity contribution in [3.63, 3.8) is 0 Å². The number of hydrogen-bond donors (Lipinski definition) is 4. The van der Waals surface area contributed by atoms with E-state index in [4.69, 9.17) is 9.47 Å². The number of carboxylic acids is 4. The van der Waals surface area contributed by atoms with Crippen molar-refractivity contribution in [3.8, 4) is 0 Å². The predicted octanol–water partition coefficient (Wildman–Crippen LogP) is -7.62.